The van der Waals surface area contributed by atoms with Gasteiger partial charge in [-0.1, -0.05) is 68.3 Å². The Bertz CT molecular complexity index is 1020. The van der Waals surface area contributed by atoms with Gasteiger partial charge in [-0.25, -0.2) is 4.79 Å². The van der Waals surface area contributed by atoms with Gasteiger partial charge in [0.1, 0.15) is 6.61 Å². The molecule has 0 heterocycles. The van der Waals surface area contributed by atoms with Gasteiger partial charge in [-0.3, -0.25) is 9.59 Å². The van der Waals surface area contributed by atoms with Crippen LogP contribution in [0.25, 0.3) is 11.1 Å². The highest BCUT2D eigenvalue weighted by Gasteiger charge is 2.31. The van der Waals surface area contributed by atoms with Gasteiger partial charge in [-0.05, 0) is 47.4 Å². The molecular weight excluding hydrogens is 444 g/mol. The van der Waals surface area contributed by atoms with Gasteiger partial charge in [0.2, 0.25) is 5.91 Å². The second-order valence-electron chi connectivity index (χ2n) is 9.57. The SMILES string of the molecule is CCC(CNC(=O)OCC1c2ccccc2-c2ccccc21)C(=O)NC(CC(=O)O)C1CCCC1. The molecular formula is C28H34N2O5. The van der Waals surface area contributed by atoms with Crippen LogP contribution in [0.1, 0.15) is 62.5 Å². The minimum Gasteiger partial charge on any atom is -0.481 e. The maximum Gasteiger partial charge on any atom is 0.407 e. The molecule has 2 aliphatic carbocycles. The zero-order valence-corrected chi connectivity index (χ0v) is 20.2. The van der Waals surface area contributed by atoms with E-state index in [-0.39, 0.29) is 43.4 Å². The average Bonchev–Trinajstić information content (AvgIpc) is 3.49. The summed E-state index contributed by atoms with van der Waals surface area (Å²) in [7, 11) is 0. The summed E-state index contributed by atoms with van der Waals surface area (Å²) in [6.07, 6.45) is 3.90. The summed E-state index contributed by atoms with van der Waals surface area (Å²) in [6.45, 7) is 2.24. The molecule has 0 spiro atoms. The van der Waals surface area contributed by atoms with Crippen LogP contribution in [-0.2, 0) is 14.3 Å². The number of fused-ring (bicyclic) bond motifs is 3. The summed E-state index contributed by atoms with van der Waals surface area (Å²) in [5.41, 5.74) is 4.61. The van der Waals surface area contributed by atoms with Crippen molar-refractivity contribution >= 4 is 18.0 Å². The Balaban J connectivity index is 1.30. The fourth-order valence-electron chi connectivity index (χ4n) is 5.46. The number of carbonyl (C=O) groups excluding carboxylic acids is 2. The molecule has 2 atom stereocenters. The van der Waals surface area contributed by atoms with Crippen LogP contribution in [0, 0.1) is 11.8 Å². The molecule has 2 unspecified atom stereocenters. The minimum atomic E-state index is -0.910. The zero-order chi connectivity index (χ0) is 24.8. The molecule has 7 heteroatoms. The lowest BCUT2D eigenvalue weighted by Crippen LogP contribution is -2.46. The Morgan fingerprint density at radius 2 is 1.60 bits per heavy atom. The van der Waals surface area contributed by atoms with Crippen LogP contribution in [-0.4, -0.2) is 42.3 Å². The zero-order valence-electron chi connectivity index (χ0n) is 20.2. The molecule has 1 saturated carbocycles. The highest BCUT2D eigenvalue weighted by Crippen LogP contribution is 2.44. The van der Waals surface area contributed by atoms with Crippen molar-refractivity contribution in [2.75, 3.05) is 13.2 Å². The van der Waals surface area contributed by atoms with Crippen molar-refractivity contribution in [3.8, 4) is 11.1 Å². The molecule has 4 rings (SSSR count). The van der Waals surface area contributed by atoms with Crippen LogP contribution >= 0.6 is 0 Å². The van der Waals surface area contributed by atoms with Gasteiger partial charge in [0.15, 0.2) is 0 Å². The fourth-order valence-corrected chi connectivity index (χ4v) is 5.46. The number of ether oxygens (including phenoxy) is 1. The third-order valence-corrected chi connectivity index (χ3v) is 7.39. The number of alkyl carbamates (subject to hydrolysis) is 1. The van der Waals surface area contributed by atoms with Crippen LogP contribution in [0.15, 0.2) is 48.5 Å². The van der Waals surface area contributed by atoms with Crippen LogP contribution in [0.5, 0.6) is 0 Å². The lowest BCUT2D eigenvalue weighted by molar-refractivity contribution is -0.138. The molecule has 35 heavy (non-hydrogen) atoms. The van der Waals surface area contributed by atoms with E-state index in [2.05, 4.69) is 34.9 Å². The van der Waals surface area contributed by atoms with E-state index in [1.165, 1.54) is 0 Å². The normalized spacial score (nSPS) is 16.7. The summed E-state index contributed by atoms with van der Waals surface area (Å²) >= 11 is 0. The Hall–Kier alpha value is -3.35. The van der Waals surface area contributed by atoms with E-state index in [9.17, 15) is 19.5 Å². The maximum atomic E-state index is 12.9. The summed E-state index contributed by atoms with van der Waals surface area (Å²) in [6, 6.07) is 15.9. The van der Waals surface area contributed by atoms with Crippen LogP contribution in [0.3, 0.4) is 0 Å². The number of benzene rings is 2. The second-order valence-corrected chi connectivity index (χ2v) is 9.57. The van der Waals surface area contributed by atoms with Gasteiger partial charge >= 0.3 is 12.1 Å². The largest absolute Gasteiger partial charge is 0.481 e. The molecule has 0 bridgehead atoms. The van der Waals surface area contributed by atoms with Gasteiger partial charge in [-0.2, -0.15) is 0 Å². The average molecular weight is 479 g/mol. The monoisotopic (exact) mass is 478 g/mol. The van der Waals surface area contributed by atoms with Crippen molar-refractivity contribution in [3.63, 3.8) is 0 Å². The summed E-state index contributed by atoms with van der Waals surface area (Å²) in [5.74, 6) is -1.41. The Labute approximate surface area is 206 Å². The lowest BCUT2D eigenvalue weighted by Gasteiger charge is -2.26. The first-order valence-electron chi connectivity index (χ1n) is 12.6. The Morgan fingerprint density at radius 3 is 2.17 bits per heavy atom. The van der Waals surface area contributed by atoms with Crippen molar-refractivity contribution in [1.29, 1.82) is 0 Å². The molecule has 0 radical (unpaired) electrons. The summed E-state index contributed by atoms with van der Waals surface area (Å²) in [5, 5.41) is 15.0. The van der Waals surface area contributed by atoms with Crippen LogP contribution in [0.4, 0.5) is 4.79 Å². The molecule has 0 saturated heterocycles. The maximum absolute atomic E-state index is 12.9. The number of carboxylic acids is 1. The molecule has 0 aliphatic heterocycles. The number of carboxylic acid groups (broad SMARTS) is 1. The van der Waals surface area contributed by atoms with Gasteiger partial charge in [0.05, 0.1) is 12.3 Å². The molecule has 2 aromatic rings. The standard InChI is InChI=1S/C28H34N2O5/c1-2-18(27(33)30-25(15-26(31)32)19-9-3-4-10-19)16-29-28(34)35-17-24-22-13-7-5-11-20(22)21-12-6-8-14-23(21)24/h5-8,11-14,18-19,24-25H,2-4,9-10,15-17H2,1H3,(H,29,34)(H,30,33)(H,31,32). The first kappa shape index (κ1) is 24.8. The lowest BCUT2D eigenvalue weighted by atomic mass is 9.94. The number of rotatable bonds is 10. The first-order valence-corrected chi connectivity index (χ1v) is 12.6. The molecule has 0 aromatic heterocycles. The van der Waals surface area contributed by atoms with Gasteiger partial charge < -0.3 is 20.5 Å². The van der Waals surface area contributed by atoms with E-state index in [1.807, 2.05) is 31.2 Å². The summed E-state index contributed by atoms with van der Waals surface area (Å²) < 4.78 is 5.57. The number of hydrogen-bond donors (Lipinski definition) is 3. The fraction of sp³-hybridized carbons (Fsp3) is 0.464. The van der Waals surface area contributed by atoms with Gasteiger partial charge in [0, 0.05) is 18.5 Å². The third-order valence-electron chi connectivity index (χ3n) is 7.39. The van der Waals surface area contributed by atoms with E-state index >= 15 is 0 Å². The number of nitrogens with one attached hydrogen (secondary N) is 2. The van der Waals surface area contributed by atoms with Crippen molar-refractivity contribution in [2.45, 2.75) is 57.4 Å². The van der Waals surface area contributed by atoms with Gasteiger partial charge in [-0.15, -0.1) is 0 Å². The molecule has 1 fully saturated rings. The van der Waals surface area contributed by atoms with Crippen molar-refractivity contribution < 1.29 is 24.2 Å². The van der Waals surface area contributed by atoms with E-state index < -0.39 is 18.0 Å². The van der Waals surface area contributed by atoms with Crippen LogP contribution < -0.4 is 10.6 Å². The highest BCUT2D eigenvalue weighted by atomic mass is 16.5. The molecule has 2 aliphatic rings. The highest BCUT2D eigenvalue weighted by molar-refractivity contribution is 5.81. The van der Waals surface area contributed by atoms with Crippen LogP contribution in [0.2, 0.25) is 0 Å². The van der Waals surface area contributed by atoms with E-state index in [0.29, 0.717) is 6.42 Å². The van der Waals surface area contributed by atoms with E-state index in [1.54, 1.807) is 0 Å². The molecule has 2 aromatic carbocycles. The van der Waals surface area contributed by atoms with E-state index in [4.69, 9.17) is 4.74 Å². The minimum absolute atomic E-state index is 0.0263. The Morgan fingerprint density at radius 1 is 1.00 bits per heavy atom. The van der Waals surface area contributed by atoms with Crippen molar-refractivity contribution in [3.05, 3.63) is 59.7 Å². The predicted molar refractivity (Wildman–Crippen MR) is 133 cm³/mol. The van der Waals surface area contributed by atoms with E-state index in [0.717, 1.165) is 47.9 Å². The third kappa shape index (κ3) is 5.84. The number of amides is 2. The Kier molecular flexibility index (Phi) is 8.06. The molecule has 7 nitrogen and oxygen atoms in total. The van der Waals surface area contributed by atoms with Gasteiger partial charge in [0.25, 0.3) is 0 Å². The number of carbonyl (C=O) groups is 3. The first-order chi connectivity index (χ1) is 17.0. The molecule has 2 amide bonds. The topological polar surface area (TPSA) is 105 Å². The van der Waals surface area contributed by atoms with Crippen molar-refractivity contribution in [1.82, 2.24) is 10.6 Å². The molecule has 186 valence electrons. The van der Waals surface area contributed by atoms with Crippen molar-refractivity contribution in [2.24, 2.45) is 11.8 Å². The molecule has 3 N–H and O–H groups in total. The number of hydrogen-bond acceptors (Lipinski definition) is 4. The quantitative estimate of drug-likeness (QED) is 0.459. The summed E-state index contributed by atoms with van der Waals surface area (Å²) in [4.78, 5) is 36.7. The smallest absolute Gasteiger partial charge is 0.407 e. The second kappa shape index (κ2) is 11.4. The number of aliphatic carboxylic acids is 1. The predicted octanol–water partition coefficient (Wildman–Crippen LogP) is 4.70.